The Morgan fingerprint density at radius 1 is 1.22 bits per heavy atom. The summed E-state index contributed by atoms with van der Waals surface area (Å²) in [5, 5.41) is 4.04. The van der Waals surface area contributed by atoms with Crippen LogP contribution in [0.15, 0.2) is 42.0 Å². The lowest BCUT2D eigenvalue weighted by Gasteiger charge is -2.39. The van der Waals surface area contributed by atoms with E-state index in [2.05, 4.69) is 5.32 Å². The molecule has 0 fully saturated rings. The van der Waals surface area contributed by atoms with Gasteiger partial charge in [-0.15, -0.1) is 0 Å². The number of nitrogens with one attached hydrogen (secondary N) is 1. The Kier molecular flexibility index (Phi) is 6.46. The Hall–Kier alpha value is -3.13. The molecule has 0 saturated carbocycles. The quantitative estimate of drug-likeness (QED) is 0.562. The van der Waals surface area contributed by atoms with Gasteiger partial charge in [0.15, 0.2) is 5.54 Å². The van der Waals surface area contributed by atoms with Crippen LogP contribution >= 0.6 is 0 Å². The smallest absolute Gasteiger partial charge is 0.335 e. The first kappa shape index (κ1) is 23.5. The number of nitrogens with zero attached hydrogens (tertiary/aromatic N) is 1. The molecule has 1 aliphatic heterocycles. The molecule has 1 aromatic carbocycles. The third-order valence-electron chi connectivity index (χ3n) is 5.41. The van der Waals surface area contributed by atoms with Gasteiger partial charge in [-0.2, -0.15) is 0 Å². The Morgan fingerprint density at radius 3 is 2.50 bits per heavy atom. The highest BCUT2D eigenvalue weighted by Gasteiger charge is 2.51. The SMILES string of the molecule is CCOC(=O)C1=CC[C@](C(=O)OC)(c2cc3ccccc3n2C)N[C@@H]1C(=O)OC(C)(C)C. The van der Waals surface area contributed by atoms with Crippen LogP contribution in [0, 0.1) is 0 Å². The molecule has 0 radical (unpaired) electrons. The molecule has 0 spiro atoms. The minimum atomic E-state index is -1.40. The van der Waals surface area contributed by atoms with Crippen LogP contribution in [-0.2, 0) is 41.2 Å². The van der Waals surface area contributed by atoms with Crippen LogP contribution in [0.2, 0.25) is 0 Å². The number of benzene rings is 1. The molecule has 172 valence electrons. The molecule has 3 rings (SSSR count). The van der Waals surface area contributed by atoms with E-state index in [1.807, 2.05) is 41.9 Å². The largest absolute Gasteiger partial charge is 0.467 e. The summed E-state index contributed by atoms with van der Waals surface area (Å²) in [4.78, 5) is 38.9. The molecule has 8 nitrogen and oxygen atoms in total. The van der Waals surface area contributed by atoms with E-state index < -0.39 is 35.1 Å². The molecule has 2 atom stereocenters. The third kappa shape index (κ3) is 4.27. The summed E-state index contributed by atoms with van der Waals surface area (Å²) in [5.74, 6) is -1.88. The van der Waals surface area contributed by atoms with Gasteiger partial charge in [0.1, 0.15) is 11.6 Å². The number of hydrogen-bond acceptors (Lipinski definition) is 7. The number of hydrogen-bond donors (Lipinski definition) is 1. The molecule has 1 aliphatic rings. The second-order valence-corrected chi connectivity index (χ2v) is 8.74. The van der Waals surface area contributed by atoms with Crippen molar-refractivity contribution < 1.29 is 28.6 Å². The van der Waals surface area contributed by atoms with E-state index in [1.54, 1.807) is 33.8 Å². The standard InChI is InChI=1S/C24H30N2O6/c1-7-31-20(27)16-12-13-24(22(29)30-6,25-19(16)21(28)32-23(2,3)4)18-14-15-10-8-9-11-17(15)26(18)5/h8-12,14,19,25H,7,13H2,1-6H3/t19-,24+/m0/s1. The second-order valence-electron chi connectivity index (χ2n) is 8.74. The average Bonchev–Trinajstić information content (AvgIpc) is 3.09. The molecule has 1 N–H and O–H groups in total. The maximum absolute atomic E-state index is 13.2. The van der Waals surface area contributed by atoms with Crippen LogP contribution in [0.1, 0.15) is 39.8 Å². The van der Waals surface area contributed by atoms with Gasteiger partial charge in [0.2, 0.25) is 0 Å². The normalized spacial score (nSPS) is 21.1. The van der Waals surface area contributed by atoms with E-state index in [-0.39, 0.29) is 18.6 Å². The van der Waals surface area contributed by atoms with Crippen LogP contribution in [0.5, 0.6) is 0 Å². The van der Waals surface area contributed by atoms with Crippen molar-refractivity contribution in [2.24, 2.45) is 7.05 Å². The maximum atomic E-state index is 13.2. The van der Waals surface area contributed by atoms with E-state index in [9.17, 15) is 14.4 Å². The first-order valence-corrected chi connectivity index (χ1v) is 10.5. The van der Waals surface area contributed by atoms with Crippen molar-refractivity contribution in [3.63, 3.8) is 0 Å². The number of carbonyl (C=O) groups excluding carboxylic acids is 3. The minimum Gasteiger partial charge on any atom is -0.467 e. The Morgan fingerprint density at radius 2 is 1.91 bits per heavy atom. The molecule has 1 aromatic heterocycles. The van der Waals surface area contributed by atoms with E-state index in [0.717, 1.165) is 10.9 Å². The second kappa shape index (κ2) is 8.78. The lowest BCUT2D eigenvalue weighted by atomic mass is 9.83. The van der Waals surface area contributed by atoms with Crippen molar-refractivity contribution in [1.29, 1.82) is 0 Å². The molecule has 32 heavy (non-hydrogen) atoms. The summed E-state index contributed by atoms with van der Waals surface area (Å²) < 4.78 is 17.7. The van der Waals surface area contributed by atoms with Crippen molar-refractivity contribution in [3.8, 4) is 0 Å². The average molecular weight is 443 g/mol. The first-order valence-electron chi connectivity index (χ1n) is 10.5. The summed E-state index contributed by atoms with van der Waals surface area (Å²) in [6.07, 6.45) is 1.66. The summed E-state index contributed by atoms with van der Waals surface area (Å²) in [5.41, 5.74) is -0.553. The number of aromatic nitrogens is 1. The zero-order valence-electron chi connectivity index (χ0n) is 19.4. The van der Waals surface area contributed by atoms with Gasteiger partial charge in [-0.05, 0) is 45.2 Å². The fourth-order valence-electron chi connectivity index (χ4n) is 4.02. The number of esters is 3. The summed E-state index contributed by atoms with van der Waals surface area (Å²) in [6.45, 7) is 7.05. The number of carbonyl (C=O) groups is 3. The molecule has 2 heterocycles. The molecule has 0 amide bonds. The number of aryl methyl sites for hydroxylation is 1. The van der Waals surface area contributed by atoms with E-state index in [0.29, 0.717) is 5.69 Å². The van der Waals surface area contributed by atoms with Gasteiger partial charge < -0.3 is 18.8 Å². The molecule has 0 aliphatic carbocycles. The maximum Gasteiger partial charge on any atom is 0.335 e. The summed E-state index contributed by atoms with van der Waals surface area (Å²) in [6, 6.07) is 8.38. The monoisotopic (exact) mass is 442 g/mol. The number of rotatable bonds is 5. The highest BCUT2D eigenvalue weighted by atomic mass is 16.6. The van der Waals surface area contributed by atoms with Crippen LogP contribution < -0.4 is 5.32 Å². The highest BCUT2D eigenvalue weighted by molar-refractivity contribution is 6.00. The number of ether oxygens (including phenoxy) is 3. The van der Waals surface area contributed by atoms with E-state index in [4.69, 9.17) is 14.2 Å². The van der Waals surface area contributed by atoms with Crippen molar-refractivity contribution >= 4 is 28.8 Å². The topological polar surface area (TPSA) is 95.9 Å². The van der Waals surface area contributed by atoms with Gasteiger partial charge in [-0.1, -0.05) is 24.3 Å². The van der Waals surface area contributed by atoms with Crippen molar-refractivity contribution in [2.75, 3.05) is 13.7 Å². The predicted molar refractivity (Wildman–Crippen MR) is 119 cm³/mol. The molecule has 0 saturated heterocycles. The van der Waals surface area contributed by atoms with Crippen molar-refractivity contribution in [1.82, 2.24) is 9.88 Å². The zero-order valence-corrected chi connectivity index (χ0v) is 19.4. The van der Waals surface area contributed by atoms with Gasteiger partial charge in [0.25, 0.3) is 0 Å². The highest BCUT2D eigenvalue weighted by Crippen LogP contribution is 2.36. The van der Waals surface area contributed by atoms with Gasteiger partial charge >= 0.3 is 17.9 Å². The van der Waals surface area contributed by atoms with E-state index in [1.165, 1.54) is 7.11 Å². The number of methoxy groups -OCH3 is 1. The molecule has 2 aromatic rings. The first-order chi connectivity index (χ1) is 15.0. The molecular formula is C24H30N2O6. The van der Waals surface area contributed by atoms with Crippen LogP contribution in [0.4, 0.5) is 0 Å². The summed E-state index contributed by atoms with van der Waals surface area (Å²) in [7, 11) is 3.14. The number of fused-ring (bicyclic) bond motifs is 1. The molecule has 0 bridgehead atoms. The van der Waals surface area contributed by atoms with Crippen LogP contribution in [0.3, 0.4) is 0 Å². The van der Waals surface area contributed by atoms with Crippen molar-refractivity contribution in [2.45, 2.75) is 51.3 Å². The Balaban J connectivity index is 2.16. The predicted octanol–water partition coefficient (Wildman–Crippen LogP) is 2.74. The Bertz CT molecular complexity index is 1080. The lowest BCUT2D eigenvalue weighted by molar-refractivity contribution is -0.161. The Labute approximate surface area is 187 Å². The van der Waals surface area contributed by atoms with Gasteiger partial charge in [-0.25, -0.2) is 14.4 Å². The molecule has 0 unspecified atom stereocenters. The lowest BCUT2D eigenvalue weighted by Crippen LogP contribution is -2.60. The minimum absolute atomic E-state index is 0.0945. The molecular weight excluding hydrogens is 412 g/mol. The fourth-order valence-corrected chi connectivity index (χ4v) is 4.02. The zero-order chi connectivity index (χ0) is 23.7. The van der Waals surface area contributed by atoms with Crippen LogP contribution in [-0.4, -0.2) is 47.8 Å². The number of para-hydroxylation sites is 1. The summed E-state index contributed by atoms with van der Waals surface area (Å²) >= 11 is 0. The van der Waals surface area contributed by atoms with Crippen LogP contribution in [0.25, 0.3) is 10.9 Å². The molecule has 8 heteroatoms. The van der Waals surface area contributed by atoms with Gasteiger partial charge in [0, 0.05) is 19.0 Å². The fraction of sp³-hybridized carbons (Fsp3) is 0.458. The van der Waals surface area contributed by atoms with E-state index >= 15 is 0 Å². The third-order valence-corrected chi connectivity index (χ3v) is 5.41. The van der Waals surface area contributed by atoms with Gasteiger partial charge in [0.05, 0.1) is 25.0 Å². The van der Waals surface area contributed by atoms with Gasteiger partial charge in [-0.3, -0.25) is 5.32 Å². The van der Waals surface area contributed by atoms with Crippen molar-refractivity contribution in [3.05, 3.63) is 47.7 Å².